The molecule has 0 unspecified atom stereocenters. The Labute approximate surface area is 186 Å². The Morgan fingerprint density at radius 3 is 2.69 bits per heavy atom. The summed E-state index contributed by atoms with van der Waals surface area (Å²) < 4.78 is 9.54. The first kappa shape index (κ1) is 20.6. The third kappa shape index (κ3) is 3.88. The summed E-state index contributed by atoms with van der Waals surface area (Å²) in [5.41, 5.74) is 1.95. The van der Waals surface area contributed by atoms with Crippen molar-refractivity contribution in [3.8, 4) is 0 Å². The van der Waals surface area contributed by atoms with Gasteiger partial charge < -0.3 is 9.30 Å². The molecule has 2 aromatic carbocycles. The van der Waals surface area contributed by atoms with Gasteiger partial charge in [0.25, 0.3) is 5.91 Å². The number of hydrogen-bond donors (Lipinski definition) is 0. The fourth-order valence-electron chi connectivity index (χ4n) is 3.20. The van der Waals surface area contributed by atoms with Crippen LogP contribution in [0.25, 0.3) is 20.3 Å². The molecule has 2 heterocycles. The standard InChI is InChI=1S/C21H18Cl2N2O2S2/c1-3-27-11-10-25-18-12(2)14(22)8-9-16(18)29-21(25)24-20(26)19-17(23)13-6-4-5-7-15(13)28-19/h4-9H,3,10-11H2,1-2H3. The van der Waals surface area contributed by atoms with E-state index in [2.05, 4.69) is 4.99 Å². The molecule has 0 aliphatic heterocycles. The highest BCUT2D eigenvalue weighted by atomic mass is 35.5. The van der Waals surface area contributed by atoms with E-state index in [1.54, 1.807) is 0 Å². The van der Waals surface area contributed by atoms with Gasteiger partial charge in [0.15, 0.2) is 4.80 Å². The Morgan fingerprint density at radius 1 is 1.14 bits per heavy atom. The van der Waals surface area contributed by atoms with E-state index in [0.29, 0.717) is 39.5 Å². The number of fused-ring (bicyclic) bond motifs is 2. The molecule has 8 heteroatoms. The van der Waals surface area contributed by atoms with Crippen LogP contribution in [0.5, 0.6) is 0 Å². The van der Waals surface area contributed by atoms with Gasteiger partial charge in [0.05, 0.1) is 21.8 Å². The maximum absolute atomic E-state index is 13.0. The van der Waals surface area contributed by atoms with Gasteiger partial charge in [0.1, 0.15) is 4.88 Å². The van der Waals surface area contributed by atoms with E-state index in [9.17, 15) is 4.79 Å². The highest BCUT2D eigenvalue weighted by molar-refractivity contribution is 7.21. The van der Waals surface area contributed by atoms with Gasteiger partial charge >= 0.3 is 0 Å². The number of nitrogens with zero attached hydrogens (tertiary/aromatic N) is 2. The lowest BCUT2D eigenvalue weighted by molar-refractivity contribution is 0.100. The number of benzene rings is 2. The monoisotopic (exact) mass is 464 g/mol. The average molecular weight is 465 g/mol. The first-order valence-electron chi connectivity index (χ1n) is 9.13. The molecule has 0 fully saturated rings. The summed E-state index contributed by atoms with van der Waals surface area (Å²) >= 11 is 15.6. The van der Waals surface area contributed by atoms with Crippen LogP contribution < -0.4 is 4.80 Å². The smallest absolute Gasteiger partial charge is 0.291 e. The molecule has 0 aliphatic rings. The first-order valence-corrected chi connectivity index (χ1v) is 11.5. The van der Waals surface area contributed by atoms with Gasteiger partial charge in [-0.1, -0.05) is 52.7 Å². The van der Waals surface area contributed by atoms with Crippen molar-refractivity contribution < 1.29 is 9.53 Å². The highest BCUT2D eigenvalue weighted by Crippen LogP contribution is 2.35. The van der Waals surface area contributed by atoms with Crippen LogP contribution in [0.1, 0.15) is 22.2 Å². The lowest BCUT2D eigenvalue weighted by Crippen LogP contribution is -2.20. The molecule has 1 amide bonds. The quantitative estimate of drug-likeness (QED) is 0.324. The second-order valence-electron chi connectivity index (χ2n) is 6.41. The minimum absolute atomic E-state index is 0.336. The van der Waals surface area contributed by atoms with Crippen molar-refractivity contribution in [1.29, 1.82) is 0 Å². The third-order valence-corrected chi connectivity index (χ3v) is 7.74. The third-order valence-electron chi connectivity index (χ3n) is 4.62. The van der Waals surface area contributed by atoms with Crippen molar-refractivity contribution >= 4 is 72.1 Å². The van der Waals surface area contributed by atoms with E-state index < -0.39 is 0 Å². The maximum atomic E-state index is 13.0. The zero-order valence-electron chi connectivity index (χ0n) is 15.9. The number of hydrogen-bond acceptors (Lipinski definition) is 4. The van der Waals surface area contributed by atoms with E-state index in [4.69, 9.17) is 27.9 Å². The summed E-state index contributed by atoms with van der Waals surface area (Å²) in [6.45, 7) is 5.67. The fourth-order valence-corrected chi connectivity index (χ4v) is 5.86. The molecule has 4 aromatic rings. The van der Waals surface area contributed by atoms with Crippen LogP contribution in [0.3, 0.4) is 0 Å². The maximum Gasteiger partial charge on any atom is 0.291 e. The van der Waals surface area contributed by atoms with Crippen molar-refractivity contribution in [3.05, 3.63) is 61.7 Å². The lowest BCUT2D eigenvalue weighted by Gasteiger charge is -2.08. The molecule has 0 saturated carbocycles. The predicted octanol–water partition coefficient (Wildman–Crippen LogP) is 6.31. The molecule has 0 N–H and O–H groups in total. The van der Waals surface area contributed by atoms with Crippen molar-refractivity contribution in [2.24, 2.45) is 4.99 Å². The molecule has 29 heavy (non-hydrogen) atoms. The second kappa shape index (κ2) is 8.58. The molecule has 150 valence electrons. The number of aromatic nitrogens is 1. The molecule has 0 bridgehead atoms. The van der Waals surface area contributed by atoms with E-state index >= 15 is 0 Å². The normalized spacial score (nSPS) is 12.3. The van der Waals surface area contributed by atoms with Crippen molar-refractivity contribution in [3.63, 3.8) is 0 Å². The van der Waals surface area contributed by atoms with E-state index in [-0.39, 0.29) is 5.91 Å². The Hall–Kier alpha value is -1.70. The summed E-state index contributed by atoms with van der Waals surface area (Å²) in [5, 5.41) is 2.02. The largest absolute Gasteiger partial charge is 0.380 e. The van der Waals surface area contributed by atoms with Crippen LogP contribution in [0.15, 0.2) is 41.4 Å². The Morgan fingerprint density at radius 2 is 1.93 bits per heavy atom. The zero-order chi connectivity index (χ0) is 20.5. The number of halogens is 2. The summed E-state index contributed by atoms with van der Waals surface area (Å²) in [5.74, 6) is -0.336. The molecule has 0 saturated heterocycles. The fraction of sp³-hybridized carbons (Fsp3) is 0.238. The van der Waals surface area contributed by atoms with Gasteiger partial charge in [-0.05, 0) is 37.6 Å². The first-order chi connectivity index (χ1) is 14.0. The topological polar surface area (TPSA) is 43.6 Å². The Bertz CT molecular complexity index is 1290. The number of rotatable bonds is 5. The number of amides is 1. The van der Waals surface area contributed by atoms with Gasteiger partial charge in [-0.3, -0.25) is 4.79 Å². The molecule has 0 spiro atoms. The summed E-state index contributed by atoms with van der Waals surface area (Å²) in [7, 11) is 0. The van der Waals surface area contributed by atoms with Gasteiger partial charge in [0.2, 0.25) is 0 Å². The van der Waals surface area contributed by atoms with Gasteiger partial charge in [-0.2, -0.15) is 4.99 Å². The van der Waals surface area contributed by atoms with Crippen LogP contribution in [0.2, 0.25) is 10.0 Å². The van der Waals surface area contributed by atoms with Crippen LogP contribution in [-0.2, 0) is 11.3 Å². The summed E-state index contributed by atoms with van der Waals surface area (Å²) in [6, 6.07) is 11.5. The van der Waals surface area contributed by atoms with E-state index in [1.165, 1.54) is 22.7 Å². The second-order valence-corrected chi connectivity index (χ2v) is 9.26. The number of aryl methyl sites for hydroxylation is 1. The van der Waals surface area contributed by atoms with Crippen molar-refractivity contribution in [2.75, 3.05) is 13.2 Å². The minimum Gasteiger partial charge on any atom is -0.380 e. The molecule has 4 rings (SSSR count). The molecular formula is C21H18Cl2N2O2S2. The van der Waals surface area contributed by atoms with E-state index in [0.717, 1.165) is 25.9 Å². The predicted molar refractivity (Wildman–Crippen MR) is 123 cm³/mol. The van der Waals surface area contributed by atoms with Crippen LogP contribution >= 0.6 is 45.9 Å². The van der Waals surface area contributed by atoms with Gasteiger partial charge in [0, 0.05) is 28.3 Å². The van der Waals surface area contributed by atoms with E-state index in [1.807, 2.05) is 54.8 Å². The van der Waals surface area contributed by atoms with Crippen LogP contribution in [-0.4, -0.2) is 23.7 Å². The Kier molecular flexibility index (Phi) is 6.08. The highest BCUT2D eigenvalue weighted by Gasteiger charge is 2.18. The summed E-state index contributed by atoms with van der Waals surface area (Å²) in [6.07, 6.45) is 0. The van der Waals surface area contributed by atoms with Crippen LogP contribution in [0.4, 0.5) is 0 Å². The molecule has 0 atom stereocenters. The SMILES string of the molecule is CCOCCn1c(=NC(=O)c2sc3ccccc3c2Cl)sc2ccc(Cl)c(C)c21. The van der Waals surface area contributed by atoms with Crippen molar-refractivity contribution in [1.82, 2.24) is 4.57 Å². The Balaban J connectivity index is 1.86. The van der Waals surface area contributed by atoms with Crippen molar-refractivity contribution in [2.45, 2.75) is 20.4 Å². The lowest BCUT2D eigenvalue weighted by atomic mass is 10.2. The molecule has 0 radical (unpaired) electrons. The number of thiazole rings is 1. The number of carbonyl (C=O) groups is 1. The van der Waals surface area contributed by atoms with Crippen LogP contribution in [0, 0.1) is 6.92 Å². The number of ether oxygens (including phenoxy) is 1. The average Bonchev–Trinajstić information content (AvgIpc) is 3.23. The minimum atomic E-state index is -0.336. The molecule has 4 nitrogen and oxygen atoms in total. The van der Waals surface area contributed by atoms with Gasteiger partial charge in [-0.25, -0.2) is 0 Å². The molecule has 2 aromatic heterocycles. The van der Waals surface area contributed by atoms with Gasteiger partial charge in [-0.15, -0.1) is 11.3 Å². The number of carbonyl (C=O) groups excluding carboxylic acids is 1. The molecule has 0 aliphatic carbocycles. The molecular weight excluding hydrogens is 447 g/mol. The zero-order valence-corrected chi connectivity index (χ0v) is 19.0. The summed E-state index contributed by atoms with van der Waals surface area (Å²) in [4.78, 5) is 18.5. The number of thiophene rings is 1.